The number of Topliss-reactive ketones (excluding diaryl/α,β-unsaturated/α-hetero) is 1. The standard InChI is InChI=1S/C19H16N2O5/c1-12-6-2-4-8-14(12)20-16(22)11-26-17(23)10-21-15-9-5-3-7-13(15)18(24)19(21)25/h2-9H,10-11H2,1H3,(H,20,22). The molecule has 0 unspecified atom stereocenters. The molecule has 3 rings (SSSR count). The fraction of sp³-hybridized carbons (Fsp3) is 0.158. The van der Waals surface area contributed by atoms with Crippen LogP contribution in [0.15, 0.2) is 48.5 Å². The maximum absolute atomic E-state index is 12.0. The number of carbonyl (C=O) groups is 4. The number of benzene rings is 2. The molecule has 2 aromatic rings. The minimum absolute atomic E-state index is 0.252. The predicted molar refractivity (Wildman–Crippen MR) is 93.9 cm³/mol. The predicted octanol–water partition coefficient (Wildman–Crippen LogP) is 1.71. The monoisotopic (exact) mass is 352 g/mol. The van der Waals surface area contributed by atoms with Crippen molar-refractivity contribution in [3.8, 4) is 0 Å². The van der Waals surface area contributed by atoms with E-state index >= 15 is 0 Å². The first-order valence-corrected chi connectivity index (χ1v) is 7.93. The summed E-state index contributed by atoms with van der Waals surface area (Å²) in [6, 6.07) is 13.6. The van der Waals surface area contributed by atoms with Crippen LogP contribution >= 0.6 is 0 Å². The Labute approximate surface area is 149 Å². The largest absolute Gasteiger partial charge is 0.454 e. The van der Waals surface area contributed by atoms with Gasteiger partial charge in [-0.25, -0.2) is 0 Å². The topological polar surface area (TPSA) is 92.8 Å². The number of aryl methyl sites for hydroxylation is 1. The Morgan fingerprint density at radius 3 is 2.50 bits per heavy atom. The first-order valence-electron chi connectivity index (χ1n) is 7.93. The summed E-state index contributed by atoms with van der Waals surface area (Å²) in [5.41, 5.74) is 2.12. The van der Waals surface area contributed by atoms with Crippen molar-refractivity contribution in [2.75, 3.05) is 23.4 Å². The van der Waals surface area contributed by atoms with Crippen molar-refractivity contribution < 1.29 is 23.9 Å². The Morgan fingerprint density at radius 2 is 1.73 bits per heavy atom. The molecule has 0 bridgehead atoms. The van der Waals surface area contributed by atoms with Crippen LogP contribution in [0.3, 0.4) is 0 Å². The summed E-state index contributed by atoms with van der Waals surface area (Å²) < 4.78 is 4.92. The molecule has 0 atom stereocenters. The van der Waals surface area contributed by atoms with Gasteiger partial charge in [-0.05, 0) is 30.7 Å². The number of ether oxygens (including phenoxy) is 1. The SMILES string of the molecule is Cc1ccccc1NC(=O)COC(=O)CN1C(=O)C(=O)c2ccccc21. The number of amides is 2. The van der Waals surface area contributed by atoms with E-state index in [0.29, 0.717) is 11.4 Å². The van der Waals surface area contributed by atoms with E-state index in [1.165, 1.54) is 6.07 Å². The lowest BCUT2D eigenvalue weighted by molar-refractivity contribution is -0.146. The molecule has 26 heavy (non-hydrogen) atoms. The quantitative estimate of drug-likeness (QED) is 0.653. The van der Waals surface area contributed by atoms with E-state index in [2.05, 4.69) is 5.32 Å². The molecular formula is C19H16N2O5. The van der Waals surface area contributed by atoms with Gasteiger partial charge in [-0.15, -0.1) is 0 Å². The Balaban J connectivity index is 1.56. The van der Waals surface area contributed by atoms with Gasteiger partial charge in [-0.3, -0.25) is 24.1 Å². The molecule has 0 radical (unpaired) electrons. The summed E-state index contributed by atoms with van der Waals surface area (Å²) in [5.74, 6) is -2.71. The normalized spacial score (nSPS) is 12.7. The summed E-state index contributed by atoms with van der Waals surface area (Å²) in [4.78, 5) is 48.8. The highest BCUT2D eigenvalue weighted by atomic mass is 16.5. The van der Waals surface area contributed by atoms with Gasteiger partial charge in [0, 0.05) is 5.69 Å². The zero-order valence-electron chi connectivity index (χ0n) is 14.0. The fourth-order valence-corrected chi connectivity index (χ4v) is 2.63. The van der Waals surface area contributed by atoms with Crippen LogP contribution in [-0.2, 0) is 19.1 Å². The summed E-state index contributed by atoms with van der Waals surface area (Å²) >= 11 is 0. The van der Waals surface area contributed by atoms with Crippen molar-refractivity contribution in [3.63, 3.8) is 0 Å². The maximum Gasteiger partial charge on any atom is 0.326 e. The number of ketones is 1. The van der Waals surface area contributed by atoms with Crippen LogP contribution in [0.25, 0.3) is 0 Å². The highest BCUT2D eigenvalue weighted by Crippen LogP contribution is 2.28. The Kier molecular flexibility index (Phi) is 4.79. The van der Waals surface area contributed by atoms with Gasteiger partial charge >= 0.3 is 5.97 Å². The molecule has 132 valence electrons. The summed E-state index contributed by atoms with van der Waals surface area (Å²) in [7, 11) is 0. The molecular weight excluding hydrogens is 336 g/mol. The number of nitrogens with zero attached hydrogens (tertiary/aromatic N) is 1. The van der Waals surface area contributed by atoms with E-state index in [-0.39, 0.29) is 5.56 Å². The molecule has 1 aliphatic rings. The lowest BCUT2D eigenvalue weighted by atomic mass is 10.1. The first-order chi connectivity index (χ1) is 12.5. The fourth-order valence-electron chi connectivity index (χ4n) is 2.63. The van der Waals surface area contributed by atoms with Gasteiger partial charge in [0.1, 0.15) is 6.54 Å². The molecule has 0 saturated carbocycles. The molecule has 1 aliphatic heterocycles. The van der Waals surface area contributed by atoms with E-state index in [9.17, 15) is 19.2 Å². The van der Waals surface area contributed by atoms with Crippen LogP contribution in [0.1, 0.15) is 15.9 Å². The minimum Gasteiger partial charge on any atom is -0.454 e. The van der Waals surface area contributed by atoms with Gasteiger partial charge in [0.05, 0.1) is 11.3 Å². The number of para-hydroxylation sites is 2. The molecule has 1 N–H and O–H groups in total. The van der Waals surface area contributed by atoms with Crippen LogP contribution in [0.5, 0.6) is 0 Å². The summed E-state index contributed by atoms with van der Waals surface area (Å²) in [6.45, 7) is 0.930. The van der Waals surface area contributed by atoms with Gasteiger partial charge in [-0.2, -0.15) is 0 Å². The molecule has 7 nitrogen and oxygen atoms in total. The second kappa shape index (κ2) is 7.18. The second-order valence-corrected chi connectivity index (χ2v) is 5.76. The smallest absolute Gasteiger partial charge is 0.326 e. The van der Waals surface area contributed by atoms with Crippen molar-refractivity contribution in [1.82, 2.24) is 0 Å². The van der Waals surface area contributed by atoms with E-state index in [4.69, 9.17) is 4.74 Å². The molecule has 2 amide bonds. The third-order valence-corrected chi connectivity index (χ3v) is 3.95. The number of anilines is 2. The van der Waals surface area contributed by atoms with E-state index in [1.807, 2.05) is 19.1 Å². The van der Waals surface area contributed by atoms with Gasteiger partial charge in [-0.1, -0.05) is 30.3 Å². The Bertz CT molecular complexity index is 906. The molecule has 0 aliphatic carbocycles. The van der Waals surface area contributed by atoms with E-state index in [0.717, 1.165) is 10.5 Å². The van der Waals surface area contributed by atoms with Gasteiger partial charge in [0.2, 0.25) is 0 Å². The van der Waals surface area contributed by atoms with E-state index in [1.54, 1.807) is 30.3 Å². The van der Waals surface area contributed by atoms with Crippen molar-refractivity contribution >= 4 is 34.9 Å². The second-order valence-electron chi connectivity index (χ2n) is 5.76. The minimum atomic E-state index is -0.785. The molecule has 0 spiro atoms. The number of carbonyl (C=O) groups excluding carboxylic acids is 4. The number of esters is 1. The van der Waals surface area contributed by atoms with Crippen LogP contribution in [0.4, 0.5) is 11.4 Å². The van der Waals surface area contributed by atoms with Gasteiger partial charge in [0.15, 0.2) is 6.61 Å². The van der Waals surface area contributed by atoms with Crippen LogP contribution in [0, 0.1) is 6.92 Å². The van der Waals surface area contributed by atoms with Crippen molar-refractivity contribution in [2.24, 2.45) is 0 Å². The lowest BCUT2D eigenvalue weighted by Gasteiger charge is -2.15. The maximum atomic E-state index is 12.0. The van der Waals surface area contributed by atoms with Crippen LogP contribution in [-0.4, -0.2) is 36.7 Å². The van der Waals surface area contributed by atoms with Crippen LogP contribution < -0.4 is 10.2 Å². The molecule has 0 fully saturated rings. The van der Waals surface area contributed by atoms with Crippen molar-refractivity contribution in [2.45, 2.75) is 6.92 Å². The summed E-state index contributed by atoms with van der Waals surface area (Å²) in [5, 5.41) is 2.64. The number of hydrogen-bond donors (Lipinski definition) is 1. The zero-order chi connectivity index (χ0) is 18.7. The third-order valence-electron chi connectivity index (χ3n) is 3.95. The summed E-state index contributed by atoms with van der Waals surface area (Å²) in [6.07, 6.45) is 0. The number of nitrogens with one attached hydrogen (secondary N) is 1. The average Bonchev–Trinajstić information content (AvgIpc) is 2.87. The first kappa shape index (κ1) is 17.3. The molecule has 1 heterocycles. The van der Waals surface area contributed by atoms with E-state index < -0.39 is 36.7 Å². The molecule has 0 aromatic heterocycles. The lowest BCUT2D eigenvalue weighted by Crippen LogP contribution is -2.36. The number of rotatable bonds is 5. The number of fused-ring (bicyclic) bond motifs is 1. The Morgan fingerprint density at radius 1 is 1.04 bits per heavy atom. The molecule has 7 heteroatoms. The molecule has 0 saturated heterocycles. The third kappa shape index (κ3) is 3.46. The zero-order valence-corrected chi connectivity index (χ0v) is 14.0. The Hall–Kier alpha value is -3.48. The average molecular weight is 352 g/mol. The van der Waals surface area contributed by atoms with Gasteiger partial charge in [0.25, 0.3) is 17.6 Å². The van der Waals surface area contributed by atoms with Crippen molar-refractivity contribution in [3.05, 3.63) is 59.7 Å². The van der Waals surface area contributed by atoms with Gasteiger partial charge < -0.3 is 10.1 Å². The van der Waals surface area contributed by atoms with Crippen molar-refractivity contribution in [1.29, 1.82) is 0 Å². The van der Waals surface area contributed by atoms with Crippen LogP contribution in [0.2, 0.25) is 0 Å². The highest BCUT2D eigenvalue weighted by molar-refractivity contribution is 6.52. The molecule has 2 aromatic carbocycles. The number of hydrogen-bond acceptors (Lipinski definition) is 5. The highest BCUT2D eigenvalue weighted by Gasteiger charge is 2.36.